The minimum Gasteiger partial charge on any atom is -0.425 e. The van der Waals surface area contributed by atoms with Crippen LogP contribution in [0.25, 0.3) is 0 Å². The first-order chi connectivity index (χ1) is 7.80. The predicted octanol–water partition coefficient (Wildman–Crippen LogP) is 3.46. The fraction of sp³-hybridized carbons (Fsp3) is 0.833. The van der Waals surface area contributed by atoms with Gasteiger partial charge in [0.05, 0.1) is 0 Å². The van der Waals surface area contributed by atoms with Crippen molar-refractivity contribution in [2.45, 2.75) is 57.3 Å². The lowest BCUT2D eigenvalue weighted by atomic mass is 9.83. The summed E-state index contributed by atoms with van der Waals surface area (Å²) >= 11 is 5.65. The molecule has 90 valence electrons. The van der Waals surface area contributed by atoms with E-state index in [9.17, 15) is 0 Å². The molecule has 0 N–H and O–H groups in total. The Morgan fingerprint density at radius 1 is 1.31 bits per heavy atom. The molecular weight excluding hydrogens is 224 g/mol. The summed E-state index contributed by atoms with van der Waals surface area (Å²) in [6.07, 6.45) is 7.77. The topological polar surface area (TPSA) is 38.9 Å². The zero-order valence-corrected chi connectivity index (χ0v) is 10.6. The maximum Gasteiger partial charge on any atom is 0.222 e. The Hall–Kier alpha value is -0.570. The van der Waals surface area contributed by atoms with Crippen molar-refractivity contribution >= 4 is 11.6 Å². The average Bonchev–Trinajstić information content (AvgIpc) is 2.95. The summed E-state index contributed by atoms with van der Waals surface area (Å²) in [4.78, 5) is 0. The molecule has 0 saturated heterocycles. The van der Waals surface area contributed by atoms with Gasteiger partial charge >= 0.3 is 0 Å². The van der Waals surface area contributed by atoms with Crippen molar-refractivity contribution in [1.82, 2.24) is 10.2 Å². The molecule has 0 atom stereocenters. The smallest absolute Gasteiger partial charge is 0.222 e. The molecule has 1 aromatic heterocycles. The van der Waals surface area contributed by atoms with E-state index in [-0.39, 0.29) is 5.41 Å². The lowest BCUT2D eigenvalue weighted by molar-refractivity contribution is 0.305. The molecule has 0 spiro atoms. The molecular formula is C12H19ClN2O. The summed E-state index contributed by atoms with van der Waals surface area (Å²) in [6.45, 7) is 2.22. The Morgan fingerprint density at radius 2 is 2.06 bits per heavy atom. The van der Waals surface area contributed by atoms with E-state index in [1.165, 1.54) is 25.7 Å². The molecule has 0 amide bonds. The van der Waals surface area contributed by atoms with E-state index in [0.717, 1.165) is 31.0 Å². The summed E-state index contributed by atoms with van der Waals surface area (Å²) in [7, 11) is 0. The zero-order chi connectivity index (χ0) is 11.4. The van der Waals surface area contributed by atoms with E-state index in [1.807, 2.05) is 0 Å². The average molecular weight is 243 g/mol. The second-order valence-corrected chi connectivity index (χ2v) is 5.01. The van der Waals surface area contributed by atoms with Crippen LogP contribution < -0.4 is 0 Å². The maximum atomic E-state index is 5.78. The van der Waals surface area contributed by atoms with Crippen LogP contribution in [0.5, 0.6) is 0 Å². The fourth-order valence-corrected chi connectivity index (χ4v) is 2.69. The fourth-order valence-electron chi connectivity index (χ4n) is 2.56. The van der Waals surface area contributed by atoms with Crippen molar-refractivity contribution in [1.29, 1.82) is 0 Å². The number of hydrogen-bond acceptors (Lipinski definition) is 3. The highest BCUT2D eigenvalue weighted by Gasteiger charge is 2.38. The van der Waals surface area contributed by atoms with E-state index in [2.05, 4.69) is 17.1 Å². The van der Waals surface area contributed by atoms with Crippen LogP contribution in [-0.4, -0.2) is 16.1 Å². The molecule has 2 rings (SSSR count). The second kappa shape index (κ2) is 5.17. The number of aryl methyl sites for hydroxylation is 1. The minimum absolute atomic E-state index is 0.173. The monoisotopic (exact) mass is 242 g/mol. The van der Waals surface area contributed by atoms with Gasteiger partial charge in [-0.25, -0.2) is 0 Å². The van der Waals surface area contributed by atoms with Gasteiger partial charge in [-0.05, 0) is 25.7 Å². The van der Waals surface area contributed by atoms with E-state index in [4.69, 9.17) is 16.0 Å². The molecule has 0 aromatic carbocycles. The molecule has 4 heteroatoms. The van der Waals surface area contributed by atoms with Gasteiger partial charge in [0.15, 0.2) is 0 Å². The van der Waals surface area contributed by atoms with Gasteiger partial charge in [-0.2, -0.15) is 0 Å². The maximum absolute atomic E-state index is 5.78. The molecule has 0 unspecified atom stereocenters. The third-order valence-corrected chi connectivity index (χ3v) is 3.95. The van der Waals surface area contributed by atoms with Crippen molar-refractivity contribution in [3.05, 3.63) is 11.8 Å². The summed E-state index contributed by atoms with van der Waals surface area (Å²) in [5.41, 5.74) is 0.173. The van der Waals surface area contributed by atoms with Crippen LogP contribution in [0.1, 0.15) is 57.2 Å². The van der Waals surface area contributed by atoms with Crippen LogP contribution in [0.4, 0.5) is 0 Å². The SMILES string of the molecule is CCC1(c2nnc(CCCCl)o2)CCCC1. The zero-order valence-electron chi connectivity index (χ0n) is 9.84. The molecule has 1 aromatic rings. The molecule has 1 aliphatic carbocycles. The molecule has 0 aliphatic heterocycles. The van der Waals surface area contributed by atoms with E-state index in [1.54, 1.807) is 0 Å². The first-order valence-corrected chi connectivity index (χ1v) is 6.73. The van der Waals surface area contributed by atoms with E-state index >= 15 is 0 Å². The normalized spacial score (nSPS) is 19.1. The van der Waals surface area contributed by atoms with Gasteiger partial charge < -0.3 is 4.42 Å². The van der Waals surface area contributed by atoms with Crippen molar-refractivity contribution in [3.63, 3.8) is 0 Å². The molecule has 1 aliphatic rings. The first kappa shape index (κ1) is 11.9. The lowest BCUT2D eigenvalue weighted by Gasteiger charge is -2.22. The van der Waals surface area contributed by atoms with Gasteiger partial charge in [-0.1, -0.05) is 19.8 Å². The van der Waals surface area contributed by atoms with Crippen LogP contribution in [0.15, 0.2) is 4.42 Å². The largest absolute Gasteiger partial charge is 0.425 e. The van der Waals surface area contributed by atoms with Gasteiger partial charge in [0.25, 0.3) is 0 Å². The third-order valence-electron chi connectivity index (χ3n) is 3.68. The van der Waals surface area contributed by atoms with Crippen LogP contribution >= 0.6 is 11.6 Å². The minimum atomic E-state index is 0.173. The van der Waals surface area contributed by atoms with Gasteiger partial charge in [0.2, 0.25) is 11.8 Å². The van der Waals surface area contributed by atoms with Crippen LogP contribution in [0, 0.1) is 0 Å². The second-order valence-electron chi connectivity index (χ2n) is 4.63. The highest BCUT2D eigenvalue weighted by Crippen LogP contribution is 2.42. The quantitative estimate of drug-likeness (QED) is 0.743. The first-order valence-electron chi connectivity index (χ1n) is 6.19. The van der Waals surface area contributed by atoms with Crippen molar-refractivity contribution in [3.8, 4) is 0 Å². The number of hydrogen-bond donors (Lipinski definition) is 0. The predicted molar refractivity (Wildman–Crippen MR) is 63.8 cm³/mol. The number of halogens is 1. The van der Waals surface area contributed by atoms with E-state index < -0.39 is 0 Å². The number of alkyl halides is 1. The third kappa shape index (κ3) is 2.24. The van der Waals surface area contributed by atoms with E-state index in [0.29, 0.717) is 5.88 Å². The van der Waals surface area contributed by atoms with Crippen molar-refractivity contribution in [2.24, 2.45) is 0 Å². The van der Waals surface area contributed by atoms with Crippen LogP contribution in [-0.2, 0) is 11.8 Å². The Bertz CT molecular complexity index is 332. The molecule has 16 heavy (non-hydrogen) atoms. The Morgan fingerprint density at radius 3 is 2.69 bits per heavy atom. The van der Waals surface area contributed by atoms with Crippen LogP contribution in [0.2, 0.25) is 0 Å². The van der Waals surface area contributed by atoms with Crippen molar-refractivity contribution in [2.75, 3.05) is 5.88 Å². The lowest BCUT2D eigenvalue weighted by Crippen LogP contribution is -2.21. The Labute approximate surface area is 102 Å². The van der Waals surface area contributed by atoms with Gasteiger partial charge in [-0.15, -0.1) is 21.8 Å². The number of rotatable bonds is 5. The van der Waals surface area contributed by atoms with Crippen molar-refractivity contribution < 1.29 is 4.42 Å². The highest BCUT2D eigenvalue weighted by atomic mass is 35.5. The number of aromatic nitrogens is 2. The van der Waals surface area contributed by atoms with Gasteiger partial charge in [-0.3, -0.25) is 0 Å². The summed E-state index contributed by atoms with van der Waals surface area (Å²) in [5.74, 6) is 2.25. The molecule has 0 bridgehead atoms. The van der Waals surface area contributed by atoms with Gasteiger partial charge in [0, 0.05) is 17.7 Å². The molecule has 1 fully saturated rings. The molecule has 1 heterocycles. The molecule has 0 radical (unpaired) electrons. The molecule has 1 saturated carbocycles. The Balaban J connectivity index is 2.10. The Kier molecular flexibility index (Phi) is 3.85. The molecule has 3 nitrogen and oxygen atoms in total. The highest BCUT2D eigenvalue weighted by molar-refractivity contribution is 6.17. The summed E-state index contributed by atoms with van der Waals surface area (Å²) in [6, 6.07) is 0. The number of nitrogens with zero attached hydrogens (tertiary/aromatic N) is 2. The summed E-state index contributed by atoms with van der Waals surface area (Å²) < 4.78 is 5.78. The standard InChI is InChI=1S/C12H19ClN2O/c1-2-12(7-3-4-8-12)11-15-14-10(16-11)6-5-9-13/h2-9H2,1H3. The van der Waals surface area contributed by atoms with Crippen LogP contribution in [0.3, 0.4) is 0 Å². The summed E-state index contributed by atoms with van der Waals surface area (Å²) in [5, 5.41) is 8.35. The van der Waals surface area contributed by atoms with Gasteiger partial charge in [0.1, 0.15) is 0 Å².